The Morgan fingerprint density at radius 3 is 2.70 bits per heavy atom. The van der Waals surface area contributed by atoms with Gasteiger partial charge >= 0.3 is 5.97 Å². The summed E-state index contributed by atoms with van der Waals surface area (Å²) in [6.45, 7) is 6.49. The van der Waals surface area contributed by atoms with Crippen molar-refractivity contribution in [3.8, 4) is 0 Å². The molecule has 1 aliphatic rings. The fourth-order valence-electron chi connectivity index (χ4n) is 3.31. The van der Waals surface area contributed by atoms with E-state index in [4.69, 9.17) is 10.5 Å². The first kappa shape index (κ1) is 14.8. The van der Waals surface area contributed by atoms with Gasteiger partial charge in [-0.15, -0.1) is 0 Å². The van der Waals surface area contributed by atoms with Gasteiger partial charge in [0.1, 0.15) is 17.5 Å². The lowest BCUT2D eigenvalue weighted by Crippen LogP contribution is -2.34. The van der Waals surface area contributed by atoms with Crippen molar-refractivity contribution in [2.24, 2.45) is 11.3 Å². The lowest BCUT2D eigenvalue weighted by molar-refractivity contribution is -0.00740. The summed E-state index contributed by atoms with van der Waals surface area (Å²) < 4.78 is 19.2. The average molecular weight is 279 g/mol. The molecule has 20 heavy (non-hydrogen) atoms. The van der Waals surface area contributed by atoms with E-state index in [1.54, 1.807) is 0 Å². The van der Waals surface area contributed by atoms with Crippen molar-refractivity contribution >= 4 is 11.7 Å². The molecule has 1 aliphatic carbocycles. The zero-order valence-electron chi connectivity index (χ0n) is 12.3. The number of ether oxygens (including phenoxy) is 1. The lowest BCUT2D eigenvalue weighted by atomic mass is 9.71. The summed E-state index contributed by atoms with van der Waals surface area (Å²) in [5.41, 5.74) is 5.78. The normalized spacial score (nSPS) is 25.2. The van der Waals surface area contributed by atoms with Gasteiger partial charge < -0.3 is 10.5 Å². The van der Waals surface area contributed by atoms with Gasteiger partial charge in [0.2, 0.25) is 0 Å². The molecule has 2 N–H and O–H groups in total. The highest BCUT2D eigenvalue weighted by Gasteiger charge is 2.34. The van der Waals surface area contributed by atoms with Gasteiger partial charge in [-0.05, 0) is 42.7 Å². The topological polar surface area (TPSA) is 52.3 Å². The molecule has 3 nitrogen and oxygen atoms in total. The molecule has 0 aromatic heterocycles. The lowest BCUT2D eigenvalue weighted by Gasteiger charge is -2.38. The molecule has 1 fully saturated rings. The molecule has 0 saturated heterocycles. The molecule has 4 heteroatoms. The predicted molar refractivity (Wildman–Crippen MR) is 76.8 cm³/mol. The van der Waals surface area contributed by atoms with Crippen LogP contribution in [-0.4, -0.2) is 12.1 Å². The van der Waals surface area contributed by atoms with Crippen molar-refractivity contribution in [3.05, 3.63) is 29.6 Å². The third kappa shape index (κ3) is 3.30. The van der Waals surface area contributed by atoms with Gasteiger partial charge in [0.25, 0.3) is 0 Å². The van der Waals surface area contributed by atoms with Crippen molar-refractivity contribution in [2.75, 3.05) is 5.73 Å². The highest BCUT2D eigenvalue weighted by Crippen LogP contribution is 2.40. The molecule has 0 amide bonds. The molecule has 0 bridgehead atoms. The Morgan fingerprint density at radius 1 is 1.40 bits per heavy atom. The van der Waals surface area contributed by atoms with Gasteiger partial charge in [0.15, 0.2) is 0 Å². The third-order valence-electron chi connectivity index (χ3n) is 3.87. The van der Waals surface area contributed by atoms with Gasteiger partial charge in [-0.1, -0.05) is 26.8 Å². The fraction of sp³-hybridized carbons (Fsp3) is 0.562. The maximum Gasteiger partial charge on any atom is 0.343 e. The number of esters is 1. The number of rotatable bonds is 2. The van der Waals surface area contributed by atoms with E-state index in [0.717, 1.165) is 19.3 Å². The van der Waals surface area contributed by atoms with E-state index in [-0.39, 0.29) is 22.8 Å². The molecule has 110 valence electrons. The summed E-state index contributed by atoms with van der Waals surface area (Å²) in [4.78, 5) is 12.1. The summed E-state index contributed by atoms with van der Waals surface area (Å²) in [6, 6.07) is 4.21. The fourth-order valence-corrected chi connectivity index (χ4v) is 3.31. The maximum atomic E-state index is 13.7. The van der Waals surface area contributed by atoms with Crippen molar-refractivity contribution in [1.29, 1.82) is 0 Å². The minimum atomic E-state index is -0.657. The first-order valence-corrected chi connectivity index (χ1v) is 7.03. The van der Waals surface area contributed by atoms with Crippen LogP contribution >= 0.6 is 0 Å². The Morgan fingerprint density at radius 2 is 2.10 bits per heavy atom. The van der Waals surface area contributed by atoms with Gasteiger partial charge in [-0.3, -0.25) is 0 Å². The number of hydrogen-bond acceptors (Lipinski definition) is 3. The molecular weight excluding hydrogens is 257 g/mol. The van der Waals surface area contributed by atoms with Crippen LogP contribution < -0.4 is 5.73 Å². The van der Waals surface area contributed by atoms with Crippen molar-refractivity contribution in [1.82, 2.24) is 0 Å². The molecule has 2 rings (SSSR count). The van der Waals surface area contributed by atoms with E-state index >= 15 is 0 Å². The monoisotopic (exact) mass is 279 g/mol. The second-order valence-electron chi connectivity index (χ2n) is 6.64. The highest BCUT2D eigenvalue weighted by molar-refractivity contribution is 5.95. The minimum Gasteiger partial charge on any atom is -0.459 e. The summed E-state index contributed by atoms with van der Waals surface area (Å²) in [5.74, 6) is -0.789. The molecule has 0 spiro atoms. The number of halogens is 1. The highest BCUT2D eigenvalue weighted by atomic mass is 19.1. The Balaban J connectivity index is 2.12. The number of hydrogen-bond donors (Lipinski definition) is 1. The summed E-state index contributed by atoms with van der Waals surface area (Å²) >= 11 is 0. The number of benzene rings is 1. The SMILES string of the molecule is CC1CC(OC(=O)c2c(N)cccc2F)CC(C)(C)C1. The second-order valence-corrected chi connectivity index (χ2v) is 6.64. The Bertz CT molecular complexity index is 493. The summed E-state index contributed by atoms with van der Waals surface area (Å²) in [6.07, 6.45) is 2.57. The van der Waals surface area contributed by atoms with Crippen molar-refractivity contribution < 1.29 is 13.9 Å². The zero-order chi connectivity index (χ0) is 14.9. The number of anilines is 1. The number of nitrogen functional groups attached to an aromatic ring is 1. The van der Waals surface area contributed by atoms with Crippen LogP contribution in [0.2, 0.25) is 0 Å². The van der Waals surface area contributed by atoms with Crippen LogP contribution in [0.15, 0.2) is 18.2 Å². The molecular formula is C16H22FNO2. The second kappa shape index (κ2) is 5.43. The number of carbonyl (C=O) groups is 1. The van der Waals surface area contributed by atoms with Gasteiger partial charge in [-0.25, -0.2) is 9.18 Å². The van der Waals surface area contributed by atoms with E-state index in [1.165, 1.54) is 18.2 Å². The van der Waals surface area contributed by atoms with E-state index in [2.05, 4.69) is 20.8 Å². The quantitative estimate of drug-likeness (QED) is 0.662. The average Bonchev–Trinajstić information content (AvgIpc) is 2.25. The van der Waals surface area contributed by atoms with Crippen LogP contribution in [0.5, 0.6) is 0 Å². The number of nitrogens with two attached hydrogens (primary N) is 1. The minimum absolute atomic E-state index is 0.123. The molecule has 0 heterocycles. The zero-order valence-corrected chi connectivity index (χ0v) is 12.3. The maximum absolute atomic E-state index is 13.7. The third-order valence-corrected chi connectivity index (χ3v) is 3.87. The number of carbonyl (C=O) groups excluding carboxylic acids is 1. The molecule has 1 aromatic rings. The smallest absolute Gasteiger partial charge is 0.343 e. The molecule has 1 aromatic carbocycles. The van der Waals surface area contributed by atoms with Crippen LogP contribution in [0.1, 0.15) is 50.4 Å². The Labute approximate surface area is 119 Å². The molecule has 2 unspecified atom stereocenters. The first-order valence-electron chi connectivity index (χ1n) is 7.03. The molecule has 1 saturated carbocycles. The van der Waals surface area contributed by atoms with Gasteiger partial charge in [0, 0.05) is 5.69 Å². The standard InChI is InChI=1S/C16H22FNO2/c1-10-7-11(9-16(2,3)8-10)20-15(19)14-12(17)5-4-6-13(14)18/h4-6,10-11H,7-9,18H2,1-3H3. The molecule has 0 aliphatic heterocycles. The van der Waals surface area contributed by atoms with Crippen LogP contribution in [-0.2, 0) is 4.74 Å². The van der Waals surface area contributed by atoms with E-state index in [1.807, 2.05) is 0 Å². The summed E-state index contributed by atoms with van der Waals surface area (Å²) in [5, 5.41) is 0. The van der Waals surface area contributed by atoms with E-state index < -0.39 is 11.8 Å². The van der Waals surface area contributed by atoms with Crippen LogP contribution in [0.4, 0.5) is 10.1 Å². The van der Waals surface area contributed by atoms with E-state index in [0.29, 0.717) is 5.92 Å². The van der Waals surface area contributed by atoms with Crippen molar-refractivity contribution in [2.45, 2.75) is 46.1 Å². The molecule has 0 radical (unpaired) electrons. The predicted octanol–water partition coefficient (Wildman–Crippen LogP) is 3.78. The van der Waals surface area contributed by atoms with Gasteiger partial charge in [0.05, 0.1) is 0 Å². The first-order chi connectivity index (χ1) is 9.28. The largest absolute Gasteiger partial charge is 0.459 e. The van der Waals surface area contributed by atoms with E-state index in [9.17, 15) is 9.18 Å². The Kier molecular flexibility index (Phi) is 4.02. The van der Waals surface area contributed by atoms with Crippen LogP contribution in [0, 0.1) is 17.2 Å². The van der Waals surface area contributed by atoms with Crippen LogP contribution in [0.25, 0.3) is 0 Å². The van der Waals surface area contributed by atoms with Crippen LogP contribution in [0.3, 0.4) is 0 Å². The van der Waals surface area contributed by atoms with Gasteiger partial charge in [-0.2, -0.15) is 0 Å². The van der Waals surface area contributed by atoms with Crippen molar-refractivity contribution in [3.63, 3.8) is 0 Å². The molecule has 2 atom stereocenters. The Hall–Kier alpha value is -1.58. The summed E-state index contributed by atoms with van der Waals surface area (Å²) in [7, 11) is 0.